The van der Waals surface area contributed by atoms with E-state index in [1.807, 2.05) is 60.7 Å². The third-order valence-electron chi connectivity index (χ3n) is 5.60. The second-order valence-electron chi connectivity index (χ2n) is 7.58. The van der Waals surface area contributed by atoms with Crippen LogP contribution in [0.3, 0.4) is 0 Å². The first kappa shape index (κ1) is 21.2. The third-order valence-corrected chi connectivity index (χ3v) is 6.08. The molecule has 31 heavy (non-hydrogen) atoms. The van der Waals surface area contributed by atoms with Crippen LogP contribution in [0.25, 0.3) is 0 Å². The van der Waals surface area contributed by atoms with Crippen molar-refractivity contribution in [1.29, 1.82) is 10.5 Å². The van der Waals surface area contributed by atoms with Gasteiger partial charge in [0.2, 0.25) is 0 Å². The van der Waals surface area contributed by atoms with Gasteiger partial charge in [-0.25, -0.2) is 0 Å². The predicted octanol–water partition coefficient (Wildman–Crippen LogP) is 5.80. The van der Waals surface area contributed by atoms with E-state index in [0.29, 0.717) is 21.2 Å². The first-order valence-electron chi connectivity index (χ1n) is 10.0. The lowest BCUT2D eigenvalue weighted by Crippen LogP contribution is -2.48. The summed E-state index contributed by atoms with van der Waals surface area (Å²) in [6, 6.07) is 25.6. The van der Waals surface area contributed by atoms with E-state index in [9.17, 15) is 5.26 Å². The first-order valence-corrected chi connectivity index (χ1v) is 10.8. The van der Waals surface area contributed by atoms with Crippen molar-refractivity contribution in [3.05, 3.63) is 99.0 Å². The van der Waals surface area contributed by atoms with E-state index in [1.165, 1.54) is 5.56 Å². The van der Waals surface area contributed by atoms with Crippen LogP contribution in [-0.2, 0) is 6.54 Å². The molecule has 0 unspecified atom stereocenters. The van der Waals surface area contributed by atoms with Crippen molar-refractivity contribution in [3.63, 3.8) is 0 Å². The van der Waals surface area contributed by atoms with Gasteiger partial charge in [-0.3, -0.25) is 4.90 Å². The van der Waals surface area contributed by atoms with Gasteiger partial charge >= 0.3 is 0 Å². The minimum absolute atomic E-state index is 0.0673. The van der Waals surface area contributed by atoms with Crippen molar-refractivity contribution < 1.29 is 0 Å². The Bertz CT molecular complexity index is 1140. The summed E-state index contributed by atoms with van der Waals surface area (Å²) in [6.07, 6.45) is 0. The summed E-state index contributed by atoms with van der Waals surface area (Å²) in [7, 11) is 0. The highest BCUT2D eigenvalue weighted by atomic mass is 35.5. The Kier molecular flexibility index (Phi) is 6.44. The number of hydrogen-bond donors (Lipinski definition) is 0. The number of piperazine rings is 1. The number of anilines is 1. The average molecular weight is 447 g/mol. The van der Waals surface area contributed by atoms with Gasteiger partial charge in [0.05, 0.1) is 28.9 Å². The fourth-order valence-electron chi connectivity index (χ4n) is 4.03. The lowest BCUT2D eigenvalue weighted by molar-refractivity contribution is 0.215. The van der Waals surface area contributed by atoms with Crippen molar-refractivity contribution in [2.45, 2.75) is 12.6 Å². The van der Waals surface area contributed by atoms with Gasteiger partial charge in [-0.1, -0.05) is 47.5 Å². The molecular formula is C25H20Cl2N4. The Balaban J connectivity index is 1.63. The van der Waals surface area contributed by atoms with Gasteiger partial charge in [0.15, 0.2) is 0 Å². The maximum atomic E-state index is 9.67. The van der Waals surface area contributed by atoms with Crippen molar-refractivity contribution >= 4 is 28.9 Å². The van der Waals surface area contributed by atoms with Gasteiger partial charge in [-0.05, 0) is 53.6 Å². The quantitative estimate of drug-likeness (QED) is 0.507. The number of rotatable bonds is 4. The standard InChI is InChI=1S/C25H20Cl2N4/c26-22-7-5-20(6-8-22)25-17-30(16-19-3-1-18(14-28)2-4-19)11-12-31(25)24-10-9-23(27)13-21(24)15-29/h1-10,13,25H,11-12,16-17H2/t25-/m0/s1. The van der Waals surface area contributed by atoms with Crippen LogP contribution in [-0.4, -0.2) is 24.5 Å². The zero-order valence-corrected chi connectivity index (χ0v) is 18.3. The van der Waals surface area contributed by atoms with Crippen LogP contribution in [0, 0.1) is 22.7 Å². The summed E-state index contributed by atoms with van der Waals surface area (Å²) in [4.78, 5) is 4.69. The van der Waals surface area contributed by atoms with Crippen molar-refractivity contribution in [3.8, 4) is 12.1 Å². The van der Waals surface area contributed by atoms with E-state index >= 15 is 0 Å². The molecule has 1 saturated heterocycles. The fourth-order valence-corrected chi connectivity index (χ4v) is 4.33. The lowest BCUT2D eigenvalue weighted by Gasteiger charge is -2.43. The Morgan fingerprint density at radius 3 is 2.23 bits per heavy atom. The minimum atomic E-state index is 0.0673. The molecular weight excluding hydrogens is 427 g/mol. The van der Waals surface area contributed by atoms with Crippen LogP contribution < -0.4 is 4.90 Å². The normalized spacial score (nSPS) is 16.5. The predicted molar refractivity (Wildman–Crippen MR) is 124 cm³/mol. The molecule has 0 N–H and O–H groups in total. The van der Waals surface area contributed by atoms with Gasteiger partial charge in [0, 0.05) is 36.2 Å². The van der Waals surface area contributed by atoms with Crippen molar-refractivity contribution in [2.75, 3.05) is 24.5 Å². The maximum Gasteiger partial charge on any atom is 0.101 e. The zero-order chi connectivity index (χ0) is 21.8. The summed E-state index contributed by atoms with van der Waals surface area (Å²) in [6.45, 7) is 3.24. The Hall–Kier alpha value is -3.02. The number of halogens is 2. The largest absolute Gasteiger partial charge is 0.361 e. The molecule has 0 amide bonds. The number of hydrogen-bond acceptors (Lipinski definition) is 4. The molecule has 1 atom stereocenters. The van der Waals surface area contributed by atoms with Gasteiger partial charge < -0.3 is 4.90 Å². The van der Waals surface area contributed by atoms with Crippen molar-refractivity contribution in [1.82, 2.24) is 4.90 Å². The van der Waals surface area contributed by atoms with Gasteiger partial charge in [-0.15, -0.1) is 0 Å². The van der Waals surface area contributed by atoms with E-state index in [0.717, 1.165) is 37.4 Å². The van der Waals surface area contributed by atoms with E-state index in [4.69, 9.17) is 28.5 Å². The highest BCUT2D eigenvalue weighted by Crippen LogP contribution is 2.34. The van der Waals surface area contributed by atoms with Crippen LogP contribution in [0.1, 0.15) is 28.3 Å². The molecule has 0 aliphatic carbocycles. The molecule has 0 aromatic heterocycles. The molecule has 4 rings (SSSR count). The summed E-state index contributed by atoms with van der Waals surface area (Å²) < 4.78 is 0. The van der Waals surface area contributed by atoms with Crippen LogP contribution in [0.5, 0.6) is 0 Å². The van der Waals surface area contributed by atoms with E-state index < -0.39 is 0 Å². The molecule has 1 aliphatic heterocycles. The average Bonchev–Trinajstić information content (AvgIpc) is 2.80. The number of benzene rings is 3. The first-order chi connectivity index (χ1) is 15.1. The third kappa shape index (κ3) is 4.84. The van der Waals surface area contributed by atoms with E-state index in [-0.39, 0.29) is 6.04 Å². The van der Waals surface area contributed by atoms with Gasteiger partial charge in [-0.2, -0.15) is 10.5 Å². The Morgan fingerprint density at radius 2 is 1.55 bits per heavy atom. The van der Waals surface area contributed by atoms with Crippen LogP contribution in [0.2, 0.25) is 10.0 Å². The molecule has 154 valence electrons. The molecule has 0 saturated carbocycles. The molecule has 0 bridgehead atoms. The molecule has 3 aromatic carbocycles. The second kappa shape index (κ2) is 9.41. The fraction of sp³-hybridized carbons (Fsp3) is 0.200. The Labute approximate surface area is 192 Å². The van der Waals surface area contributed by atoms with Crippen LogP contribution in [0.15, 0.2) is 66.7 Å². The summed E-state index contributed by atoms with van der Waals surface area (Å²) in [5.74, 6) is 0. The number of nitrogens with zero attached hydrogens (tertiary/aromatic N) is 4. The van der Waals surface area contributed by atoms with Gasteiger partial charge in [0.1, 0.15) is 6.07 Å². The highest BCUT2D eigenvalue weighted by Gasteiger charge is 2.30. The van der Waals surface area contributed by atoms with Gasteiger partial charge in [0.25, 0.3) is 0 Å². The zero-order valence-electron chi connectivity index (χ0n) is 16.8. The Morgan fingerprint density at radius 1 is 0.839 bits per heavy atom. The summed E-state index contributed by atoms with van der Waals surface area (Å²) >= 11 is 12.3. The highest BCUT2D eigenvalue weighted by molar-refractivity contribution is 6.31. The minimum Gasteiger partial charge on any atom is -0.361 e. The molecule has 0 radical (unpaired) electrons. The molecule has 6 heteroatoms. The smallest absolute Gasteiger partial charge is 0.101 e. The topological polar surface area (TPSA) is 54.1 Å². The van der Waals surface area contributed by atoms with Crippen molar-refractivity contribution in [2.24, 2.45) is 0 Å². The summed E-state index contributed by atoms with van der Waals surface area (Å²) in [5.41, 5.74) is 4.45. The van der Waals surface area contributed by atoms with Crippen LogP contribution >= 0.6 is 23.2 Å². The number of nitriles is 2. The second-order valence-corrected chi connectivity index (χ2v) is 8.45. The molecule has 3 aromatic rings. The maximum absolute atomic E-state index is 9.67. The monoisotopic (exact) mass is 446 g/mol. The molecule has 4 nitrogen and oxygen atoms in total. The molecule has 1 aliphatic rings. The SMILES string of the molecule is N#Cc1ccc(CN2CCN(c3ccc(Cl)cc3C#N)[C@H](c3ccc(Cl)cc3)C2)cc1. The van der Waals surface area contributed by atoms with Crippen LogP contribution in [0.4, 0.5) is 5.69 Å². The molecule has 1 heterocycles. The molecule has 0 spiro atoms. The molecule has 1 fully saturated rings. The lowest BCUT2D eigenvalue weighted by atomic mass is 9.99. The van der Waals surface area contributed by atoms with E-state index in [1.54, 1.807) is 6.07 Å². The van der Waals surface area contributed by atoms with E-state index in [2.05, 4.69) is 21.9 Å². The summed E-state index contributed by atoms with van der Waals surface area (Å²) in [5, 5.41) is 19.9.